The van der Waals surface area contributed by atoms with Crippen molar-refractivity contribution in [2.24, 2.45) is 5.73 Å². The van der Waals surface area contributed by atoms with Crippen molar-refractivity contribution < 1.29 is 5.11 Å². The van der Waals surface area contributed by atoms with E-state index in [-0.39, 0.29) is 0 Å². The van der Waals surface area contributed by atoms with Gasteiger partial charge in [-0.3, -0.25) is 0 Å². The van der Waals surface area contributed by atoms with Crippen LogP contribution in [0.5, 0.6) is 0 Å². The van der Waals surface area contributed by atoms with Crippen LogP contribution in [0, 0.1) is 13.8 Å². The third-order valence-electron chi connectivity index (χ3n) is 3.30. The van der Waals surface area contributed by atoms with Crippen LogP contribution in [-0.2, 0) is 0 Å². The molecule has 0 aliphatic rings. The zero-order valence-corrected chi connectivity index (χ0v) is 12.0. The van der Waals surface area contributed by atoms with Gasteiger partial charge in [-0.2, -0.15) is 0 Å². The Morgan fingerprint density at radius 2 is 1.78 bits per heavy atom. The van der Waals surface area contributed by atoms with Crippen molar-refractivity contribution in [2.75, 3.05) is 25.0 Å². The molecule has 0 saturated heterocycles. The Morgan fingerprint density at radius 1 is 1.22 bits per heavy atom. The molecule has 0 aromatic heterocycles. The lowest BCUT2D eigenvalue weighted by Gasteiger charge is -2.24. The average Bonchev–Trinajstić information content (AvgIpc) is 2.27. The maximum absolute atomic E-state index is 9.85. The standard InChI is InChI=1S/C15H26N2O/c1-12-8-13(2)10-14(9-12)17(4)7-5-6-15(3,18)11-16/h8-10,18H,5-7,11,16H2,1-4H3. The van der Waals surface area contributed by atoms with Crippen LogP contribution in [-0.4, -0.2) is 30.8 Å². The SMILES string of the molecule is Cc1cc(C)cc(N(C)CCCC(C)(O)CN)c1. The summed E-state index contributed by atoms with van der Waals surface area (Å²) in [4.78, 5) is 2.23. The first-order valence-electron chi connectivity index (χ1n) is 6.56. The number of hydrogen-bond acceptors (Lipinski definition) is 3. The summed E-state index contributed by atoms with van der Waals surface area (Å²) in [6.45, 7) is 7.27. The summed E-state index contributed by atoms with van der Waals surface area (Å²) in [5, 5.41) is 9.85. The maximum Gasteiger partial charge on any atom is 0.0742 e. The van der Waals surface area contributed by atoms with E-state index < -0.39 is 5.60 Å². The lowest BCUT2D eigenvalue weighted by molar-refractivity contribution is 0.0585. The number of benzene rings is 1. The normalized spacial score (nSPS) is 14.3. The van der Waals surface area contributed by atoms with Crippen LogP contribution in [0.15, 0.2) is 18.2 Å². The minimum Gasteiger partial charge on any atom is -0.389 e. The molecule has 3 N–H and O–H groups in total. The third kappa shape index (κ3) is 4.67. The Bertz CT molecular complexity index is 368. The molecule has 3 nitrogen and oxygen atoms in total. The van der Waals surface area contributed by atoms with E-state index in [1.54, 1.807) is 6.92 Å². The van der Waals surface area contributed by atoms with E-state index in [0.29, 0.717) is 6.54 Å². The quantitative estimate of drug-likeness (QED) is 0.814. The van der Waals surface area contributed by atoms with Gasteiger partial charge in [-0.1, -0.05) is 6.07 Å². The third-order valence-corrected chi connectivity index (χ3v) is 3.30. The molecule has 1 aromatic carbocycles. The maximum atomic E-state index is 9.85. The van der Waals surface area contributed by atoms with Crippen LogP contribution in [0.1, 0.15) is 30.9 Å². The number of aryl methyl sites for hydroxylation is 2. The fourth-order valence-electron chi connectivity index (χ4n) is 2.10. The van der Waals surface area contributed by atoms with E-state index in [1.807, 2.05) is 0 Å². The molecular weight excluding hydrogens is 224 g/mol. The van der Waals surface area contributed by atoms with Gasteiger partial charge in [-0.15, -0.1) is 0 Å². The molecule has 0 spiro atoms. The zero-order valence-electron chi connectivity index (χ0n) is 12.0. The monoisotopic (exact) mass is 250 g/mol. The highest BCUT2D eigenvalue weighted by molar-refractivity contribution is 5.50. The van der Waals surface area contributed by atoms with Crippen molar-refractivity contribution >= 4 is 5.69 Å². The molecule has 1 aromatic rings. The topological polar surface area (TPSA) is 49.5 Å². The van der Waals surface area contributed by atoms with Crippen molar-refractivity contribution in [2.45, 2.75) is 39.2 Å². The van der Waals surface area contributed by atoms with Gasteiger partial charge in [0, 0.05) is 25.8 Å². The molecule has 0 radical (unpaired) electrons. The number of nitrogens with two attached hydrogens (primary N) is 1. The minimum absolute atomic E-state index is 0.320. The van der Waals surface area contributed by atoms with Gasteiger partial charge in [0.25, 0.3) is 0 Å². The second-order valence-electron chi connectivity index (χ2n) is 5.57. The molecule has 0 bridgehead atoms. The lowest BCUT2D eigenvalue weighted by Crippen LogP contribution is -2.35. The first-order chi connectivity index (χ1) is 8.34. The van der Waals surface area contributed by atoms with E-state index in [9.17, 15) is 5.11 Å². The predicted octanol–water partition coefficient (Wildman–Crippen LogP) is 2.23. The van der Waals surface area contributed by atoms with Gasteiger partial charge in [0.05, 0.1) is 5.60 Å². The first-order valence-corrected chi connectivity index (χ1v) is 6.56. The molecule has 1 unspecified atom stereocenters. The van der Waals surface area contributed by atoms with Crippen LogP contribution >= 0.6 is 0 Å². The van der Waals surface area contributed by atoms with E-state index >= 15 is 0 Å². The number of rotatable bonds is 6. The lowest BCUT2D eigenvalue weighted by atomic mass is 10.0. The van der Waals surface area contributed by atoms with Crippen LogP contribution in [0.2, 0.25) is 0 Å². The Balaban J connectivity index is 2.53. The molecule has 0 saturated carbocycles. The van der Waals surface area contributed by atoms with E-state index in [0.717, 1.165) is 19.4 Å². The van der Waals surface area contributed by atoms with Crippen molar-refractivity contribution in [1.82, 2.24) is 0 Å². The largest absolute Gasteiger partial charge is 0.389 e. The number of nitrogens with zero attached hydrogens (tertiary/aromatic N) is 1. The van der Waals surface area contributed by atoms with Gasteiger partial charge >= 0.3 is 0 Å². The molecule has 0 aliphatic heterocycles. The Labute approximate surface area is 111 Å². The molecule has 1 rings (SSSR count). The Morgan fingerprint density at radius 3 is 2.28 bits per heavy atom. The second-order valence-corrected chi connectivity index (χ2v) is 5.57. The van der Waals surface area contributed by atoms with Crippen molar-refractivity contribution in [1.29, 1.82) is 0 Å². The molecule has 0 aliphatic carbocycles. The fraction of sp³-hybridized carbons (Fsp3) is 0.600. The van der Waals surface area contributed by atoms with Crippen LogP contribution in [0.25, 0.3) is 0 Å². The van der Waals surface area contributed by atoms with Gasteiger partial charge in [-0.05, 0) is 56.9 Å². The summed E-state index contributed by atoms with van der Waals surface area (Å²) >= 11 is 0. The van der Waals surface area contributed by atoms with Crippen molar-refractivity contribution in [3.63, 3.8) is 0 Å². The highest BCUT2D eigenvalue weighted by Crippen LogP contribution is 2.19. The second kappa shape index (κ2) is 6.21. The summed E-state index contributed by atoms with van der Waals surface area (Å²) in [5.41, 5.74) is 8.58. The molecule has 18 heavy (non-hydrogen) atoms. The fourth-order valence-corrected chi connectivity index (χ4v) is 2.10. The van der Waals surface area contributed by atoms with E-state index in [4.69, 9.17) is 5.73 Å². The van der Waals surface area contributed by atoms with E-state index in [2.05, 4.69) is 44.0 Å². The Kier molecular flexibility index (Phi) is 5.17. The predicted molar refractivity (Wildman–Crippen MR) is 78.1 cm³/mol. The molecule has 1 atom stereocenters. The molecule has 0 fully saturated rings. The van der Waals surface area contributed by atoms with Gasteiger partial charge in [0.15, 0.2) is 0 Å². The smallest absolute Gasteiger partial charge is 0.0742 e. The molecule has 3 heteroatoms. The summed E-state index contributed by atoms with van der Waals surface area (Å²) in [5.74, 6) is 0. The molecule has 0 heterocycles. The van der Waals surface area contributed by atoms with E-state index in [1.165, 1.54) is 16.8 Å². The van der Waals surface area contributed by atoms with Gasteiger partial charge in [-0.25, -0.2) is 0 Å². The van der Waals surface area contributed by atoms with Crippen LogP contribution < -0.4 is 10.6 Å². The highest BCUT2D eigenvalue weighted by atomic mass is 16.3. The summed E-state index contributed by atoms with van der Waals surface area (Å²) < 4.78 is 0. The van der Waals surface area contributed by atoms with Crippen molar-refractivity contribution in [3.05, 3.63) is 29.3 Å². The number of anilines is 1. The molecular formula is C15H26N2O. The van der Waals surface area contributed by atoms with Crippen LogP contribution in [0.4, 0.5) is 5.69 Å². The number of hydrogen-bond donors (Lipinski definition) is 2. The molecule has 102 valence electrons. The van der Waals surface area contributed by atoms with Crippen molar-refractivity contribution in [3.8, 4) is 0 Å². The summed E-state index contributed by atoms with van der Waals surface area (Å²) in [6.07, 6.45) is 1.67. The van der Waals surface area contributed by atoms with Crippen LogP contribution in [0.3, 0.4) is 0 Å². The van der Waals surface area contributed by atoms with Gasteiger partial charge in [0.2, 0.25) is 0 Å². The number of aliphatic hydroxyl groups is 1. The average molecular weight is 250 g/mol. The summed E-state index contributed by atoms with van der Waals surface area (Å²) in [7, 11) is 2.09. The Hall–Kier alpha value is -1.06. The zero-order chi connectivity index (χ0) is 13.8. The van der Waals surface area contributed by atoms with Gasteiger partial charge in [0.1, 0.15) is 0 Å². The summed E-state index contributed by atoms with van der Waals surface area (Å²) in [6, 6.07) is 6.55. The molecule has 0 amide bonds. The highest BCUT2D eigenvalue weighted by Gasteiger charge is 2.17. The minimum atomic E-state index is -0.733. The first kappa shape index (κ1) is 15.0. The van der Waals surface area contributed by atoms with Gasteiger partial charge < -0.3 is 15.7 Å².